The SMILES string of the molecule is COc1ccc(OC)c(CC(=O)NC2CCC2NC2CCCCCC2)c1. The third-order valence-electron chi connectivity index (χ3n) is 5.76. The standard InChI is InChI=1S/C21H32N2O3/c1-25-17-9-12-20(26-2)15(13-17)14-21(24)23-19-11-10-18(19)22-16-7-5-3-4-6-8-16/h9,12-13,16,18-19,22H,3-8,10-11,14H2,1-2H3,(H,23,24). The van der Waals surface area contributed by atoms with Gasteiger partial charge >= 0.3 is 0 Å². The highest BCUT2D eigenvalue weighted by Crippen LogP contribution is 2.26. The number of amides is 1. The van der Waals surface area contributed by atoms with Gasteiger partial charge < -0.3 is 20.1 Å². The van der Waals surface area contributed by atoms with Crippen LogP contribution in [0.1, 0.15) is 56.9 Å². The smallest absolute Gasteiger partial charge is 0.224 e. The van der Waals surface area contributed by atoms with Crippen LogP contribution >= 0.6 is 0 Å². The lowest BCUT2D eigenvalue weighted by atomic mass is 9.85. The van der Waals surface area contributed by atoms with E-state index in [9.17, 15) is 4.79 Å². The molecular weight excluding hydrogens is 328 g/mol. The number of ether oxygens (including phenoxy) is 2. The summed E-state index contributed by atoms with van der Waals surface area (Å²) in [6.07, 6.45) is 10.5. The molecular formula is C21H32N2O3. The molecule has 2 aliphatic rings. The van der Waals surface area contributed by atoms with Gasteiger partial charge in [0, 0.05) is 23.7 Å². The van der Waals surface area contributed by atoms with Crippen molar-refractivity contribution in [1.29, 1.82) is 0 Å². The maximum absolute atomic E-state index is 12.5. The Morgan fingerprint density at radius 1 is 1.00 bits per heavy atom. The fourth-order valence-electron chi connectivity index (χ4n) is 4.07. The van der Waals surface area contributed by atoms with Gasteiger partial charge in [-0.2, -0.15) is 0 Å². The molecule has 2 saturated carbocycles. The highest BCUT2D eigenvalue weighted by molar-refractivity contribution is 5.80. The van der Waals surface area contributed by atoms with Crippen molar-refractivity contribution in [2.24, 2.45) is 0 Å². The minimum absolute atomic E-state index is 0.0499. The van der Waals surface area contributed by atoms with Crippen LogP contribution in [0.5, 0.6) is 11.5 Å². The summed E-state index contributed by atoms with van der Waals surface area (Å²) in [6, 6.07) is 6.87. The Bertz CT molecular complexity index is 597. The zero-order chi connectivity index (χ0) is 18.4. The molecule has 2 fully saturated rings. The van der Waals surface area contributed by atoms with Crippen molar-refractivity contribution in [2.75, 3.05) is 14.2 Å². The number of carbonyl (C=O) groups excluding carboxylic acids is 1. The van der Waals surface area contributed by atoms with Crippen molar-refractivity contribution in [3.05, 3.63) is 23.8 Å². The Balaban J connectivity index is 1.51. The van der Waals surface area contributed by atoms with Crippen LogP contribution in [0.3, 0.4) is 0 Å². The monoisotopic (exact) mass is 360 g/mol. The lowest BCUT2D eigenvalue weighted by molar-refractivity contribution is -0.122. The Hall–Kier alpha value is -1.75. The summed E-state index contributed by atoms with van der Waals surface area (Å²) in [5.41, 5.74) is 0.858. The summed E-state index contributed by atoms with van der Waals surface area (Å²) >= 11 is 0. The summed E-state index contributed by atoms with van der Waals surface area (Å²) in [5.74, 6) is 1.52. The first-order valence-electron chi connectivity index (χ1n) is 9.96. The lowest BCUT2D eigenvalue weighted by Crippen LogP contribution is -2.59. The van der Waals surface area contributed by atoms with E-state index in [4.69, 9.17) is 9.47 Å². The Labute approximate surface area is 156 Å². The molecule has 1 aromatic carbocycles. The third-order valence-corrected chi connectivity index (χ3v) is 5.76. The molecule has 2 aliphatic carbocycles. The molecule has 2 atom stereocenters. The van der Waals surface area contributed by atoms with Gasteiger partial charge in [0.15, 0.2) is 0 Å². The van der Waals surface area contributed by atoms with E-state index in [0.29, 0.717) is 18.5 Å². The second-order valence-corrected chi connectivity index (χ2v) is 7.57. The molecule has 0 spiro atoms. The molecule has 1 amide bonds. The Morgan fingerprint density at radius 3 is 2.35 bits per heavy atom. The molecule has 0 bridgehead atoms. The topological polar surface area (TPSA) is 59.6 Å². The van der Waals surface area contributed by atoms with Crippen LogP contribution in [0.15, 0.2) is 18.2 Å². The zero-order valence-corrected chi connectivity index (χ0v) is 16.1. The van der Waals surface area contributed by atoms with Crippen molar-refractivity contribution < 1.29 is 14.3 Å². The van der Waals surface area contributed by atoms with E-state index in [1.807, 2.05) is 18.2 Å². The van der Waals surface area contributed by atoms with Gasteiger partial charge in [0.2, 0.25) is 5.91 Å². The molecule has 2 unspecified atom stereocenters. The summed E-state index contributed by atoms with van der Waals surface area (Å²) in [6.45, 7) is 0. The fraction of sp³-hybridized carbons (Fsp3) is 0.667. The minimum atomic E-state index is 0.0499. The molecule has 5 nitrogen and oxygen atoms in total. The molecule has 5 heteroatoms. The van der Waals surface area contributed by atoms with E-state index in [0.717, 1.165) is 29.9 Å². The average molecular weight is 360 g/mol. The quantitative estimate of drug-likeness (QED) is 0.733. The first-order chi connectivity index (χ1) is 12.7. The van der Waals surface area contributed by atoms with Gasteiger partial charge in [-0.1, -0.05) is 25.7 Å². The van der Waals surface area contributed by atoms with Gasteiger partial charge in [-0.3, -0.25) is 4.79 Å². The number of rotatable bonds is 7. The van der Waals surface area contributed by atoms with Crippen molar-refractivity contribution >= 4 is 5.91 Å². The molecule has 0 aliphatic heterocycles. The number of carbonyl (C=O) groups is 1. The van der Waals surface area contributed by atoms with E-state index in [-0.39, 0.29) is 11.9 Å². The summed E-state index contributed by atoms with van der Waals surface area (Å²) in [5, 5.41) is 7.01. The van der Waals surface area contributed by atoms with Crippen LogP contribution in [-0.4, -0.2) is 38.3 Å². The van der Waals surface area contributed by atoms with Gasteiger partial charge in [0.1, 0.15) is 11.5 Å². The summed E-state index contributed by atoms with van der Waals surface area (Å²) in [4.78, 5) is 12.5. The predicted molar refractivity (Wildman–Crippen MR) is 103 cm³/mol. The zero-order valence-electron chi connectivity index (χ0n) is 16.1. The highest BCUT2D eigenvalue weighted by Gasteiger charge is 2.33. The summed E-state index contributed by atoms with van der Waals surface area (Å²) in [7, 11) is 3.26. The van der Waals surface area contributed by atoms with E-state index in [1.165, 1.54) is 38.5 Å². The highest BCUT2D eigenvalue weighted by atomic mass is 16.5. The van der Waals surface area contributed by atoms with Crippen LogP contribution in [0.25, 0.3) is 0 Å². The van der Waals surface area contributed by atoms with E-state index < -0.39 is 0 Å². The minimum Gasteiger partial charge on any atom is -0.497 e. The molecule has 0 aromatic heterocycles. The normalized spacial score (nSPS) is 23.6. The van der Waals surface area contributed by atoms with E-state index >= 15 is 0 Å². The molecule has 144 valence electrons. The number of hydrogen-bond donors (Lipinski definition) is 2. The van der Waals surface area contributed by atoms with Crippen LogP contribution < -0.4 is 20.1 Å². The van der Waals surface area contributed by atoms with Crippen LogP contribution in [0, 0.1) is 0 Å². The van der Waals surface area contributed by atoms with Gasteiger partial charge in [-0.25, -0.2) is 0 Å². The number of methoxy groups -OCH3 is 2. The van der Waals surface area contributed by atoms with Crippen LogP contribution in [0.2, 0.25) is 0 Å². The predicted octanol–water partition coefficient (Wildman–Crippen LogP) is 3.21. The number of hydrogen-bond acceptors (Lipinski definition) is 4. The molecule has 3 rings (SSSR count). The van der Waals surface area contributed by atoms with Crippen molar-refractivity contribution in [3.63, 3.8) is 0 Å². The maximum atomic E-state index is 12.5. The first-order valence-corrected chi connectivity index (χ1v) is 9.96. The Kier molecular flexibility index (Phi) is 6.78. The molecule has 2 N–H and O–H groups in total. The average Bonchev–Trinajstić information content (AvgIpc) is 2.92. The molecule has 1 aromatic rings. The van der Waals surface area contributed by atoms with E-state index in [1.54, 1.807) is 14.2 Å². The molecule has 26 heavy (non-hydrogen) atoms. The van der Waals surface area contributed by atoms with Crippen molar-refractivity contribution in [2.45, 2.75) is 75.9 Å². The fourth-order valence-corrected chi connectivity index (χ4v) is 4.07. The van der Waals surface area contributed by atoms with Gasteiger partial charge in [0.25, 0.3) is 0 Å². The van der Waals surface area contributed by atoms with Gasteiger partial charge in [-0.15, -0.1) is 0 Å². The maximum Gasteiger partial charge on any atom is 0.224 e. The molecule has 0 saturated heterocycles. The summed E-state index contributed by atoms with van der Waals surface area (Å²) < 4.78 is 10.6. The Morgan fingerprint density at radius 2 is 1.73 bits per heavy atom. The third kappa shape index (κ3) is 4.91. The second kappa shape index (κ2) is 9.26. The largest absolute Gasteiger partial charge is 0.497 e. The first kappa shape index (κ1) is 19.0. The number of nitrogens with one attached hydrogen (secondary N) is 2. The van der Waals surface area contributed by atoms with E-state index in [2.05, 4.69) is 10.6 Å². The van der Waals surface area contributed by atoms with Crippen molar-refractivity contribution in [3.8, 4) is 11.5 Å². The lowest BCUT2D eigenvalue weighted by Gasteiger charge is -2.40. The van der Waals surface area contributed by atoms with Crippen LogP contribution in [-0.2, 0) is 11.2 Å². The van der Waals surface area contributed by atoms with Gasteiger partial charge in [-0.05, 0) is 43.9 Å². The molecule has 0 heterocycles. The van der Waals surface area contributed by atoms with Gasteiger partial charge in [0.05, 0.1) is 20.6 Å². The van der Waals surface area contributed by atoms with Crippen molar-refractivity contribution in [1.82, 2.24) is 10.6 Å². The number of benzene rings is 1. The molecule has 0 radical (unpaired) electrons. The van der Waals surface area contributed by atoms with Crippen LogP contribution in [0.4, 0.5) is 0 Å². The second-order valence-electron chi connectivity index (χ2n) is 7.57.